The number of fused-ring (bicyclic) bond motifs is 1. The van der Waals surface area contributed by atoms with Crippen molar-refractivity contribution >= 4 is 20.7 Å². The van der Waals surface area contributed by atoms with Crippen molar-refractivity contribution in [2.24, 2.45) is 7.05 Å². The van der Waals surface area contributed by atoms with Crippen molar-refractivity contribution in [3.05, 3.63) is 57.0 Å². The summed E-state index contributed by atoms with van der Waals surface area (Å²) in [6.45, 7) is 10.7. The number of aryl methyl sites for hydroxylation is 1. The molecule has 172 valence electrons. The number of aromatic amines is 1. The van der Waals surface area contributed by atoms with Gasteiger partial charge >= 0.3 is 0 Å². The number of hydrogen-bond donors (Lipinski definition) is 1. The highest BCUT2D eigenvalue weighted by Crippen LogP contribution is 2.39. The molecule has 0 bridgehead atoms. The van der Waals surface area contributed by atoms with Crippen LogP contribution in [0.15, 0.2) is 29.2 Å². The Balaban J connectivity index is 1.70. The average Bonchev–Trinajstić information content (AvgIpc) is 3.05. The van der Waals surface area contributed by atoms with Crippen LogP contribution in [0.5, 0.6) is 0 Å². The number of benzene rings is 1. The third-order valence-corrected chi connectivity index (χ3v) is 7.77. The van der Waals surface area contributed by atoms with E-state index in [9.17, 15) is 13.2 Å². The molecule has 3 aromatic rings. The molecule has 7 heteroatoms. The molecular weight excluding hydrogens is 422 g/mol. The molecule has 1 aliphatic rings. The topological polar surface area (TPSA) is 75.2 Å². The standard InChI is InChI=1S/C25H33N3O3S/c1-15(2)23-20-11-18(19-12-28(13-19)9-10-32(6,30)31)7-8-22(20)26-24(23)21-14-27(5)25(29)17(4)16(21)3/h7-8,11,14-15,19,26H,9-10,12-13H2,1-6H3. The predicted molar refractivity (Wildman–Crippen MR) is 131 cm³/mol. The molecule has 1 aliphatic heterocycles. The molecule has 1 fully saturated rings. The first-order valence-corrected chi connectivity index (χ1v) is 13.2. The van der Waals surface area contributed by atoms with Crippen LogP contribution in [-0.2, 0) is 16.9 Å². The van der Waals surface area contributed by atoms with E-state index in [4.69, 9.17) is 0 Å². The summed E-state index contributed by atoms with van der Waals surface area (Å²) in [6.07, 6.45) is 3.23. The monoisotopic (exact) mass is 455 g/mol. The van der Waals surface area contributed by atoms with Crippen LogP contribution in [0.2, 0.25) is 0 Å². The van der Waals surface area contributed by atoms with E-state index in [2.05, 4.69) is 41.9 Å². The summed E-state index contributed by atoms with van der Waals surface area (Å²) in [4.78, 5) is 18.2. The molecule has 0 radical (unpaired) electrons. The Hall–Kier alpha value is -2.38. The summed E-state index contributed by atoms with van der Waals surface area (Å²) >= 11 is 0. The molecule has 32 heavy (non-hydrogen) atoms. The number of sulfone groups is 1. The fourth-order valence-corrected chi connectivity index (χ4v) is 5.37. The second-order valence-electron chi connectivity index (χ2n) is 9.67. The molecule has 0 saturated carbocycles. The fourth-order valence-electron chi connectivity index (χ4n) is 4.78. The first-order chi connectivity index (χ1) is 15.0. The van der Waals surface area contributed by atoms with Crippen molar-refractivity contribution in [2.45, 2.75) is 39.5 Å². The Bertz CT molecular complexity index is 1340. The molecule has 0 amide bonds. The zero-order valence-corrected chi connectivity index (χ0v) is 20.6. The lowest BCUT2D eigenvalue weighted by molar-refractivity contribution is 0.158. The van der Waals surface area contributed by atoms with Gasteiger partial charge in [-0.05, 0) is 48.6 Å². The van der Waals surface area contributed by atoms with Gasteiger partial charge in [-0.2, -0.15) is 0 Å². The molecule has 1 aromatic carbocycles. The maximum Gasteiger partial charge on any atom is 0.253 e. The van der Waals surface area contributed by atoms with Gasteiger partial charge in [0.25, 0.3) is 5.56 Å². The molecule has 4 rings (SSSR count). The van der Waals surface area contributed by atoms with E-state index in [0.717, 1.165) is 41.0 Å². The number of H-pyrrole nitrogens is 1. The van der Waals surface area contributed by atoms with Crippen LogP contribution in [0.3, 0.4) is 0 Å². The minimum Gasteiger partial charge on any atom is -0.354 e. The van der Waals surface area contributed by atoms with Crippen molar-refractivity contribution in [1.82, 2.24) is 14.5 Å². The van der Waals surface area contributed by atoms with E-state index < -0.39 is 9.84 Å². The van der Waals surface area contributed by atoms with Crippen molar-refractivity contribution in [1.29, 1.82) is 0 Å². The summed E-state index contributed by atoms with van der Waals surface area (Å²) in [6, 6.07) is 6.64. The third-order valence-electron chi connectivity index (χ3n) is 6.85. The summed E-state index contributed by atoms with van der Waals surface area (Å²) in [5.74, 6) is 0.966. The zero-order valence-electron chi connectivity index (χ0n) is 19.8. The molecule has 0 atom stereocenters. The second kappa shape index (κ2) is 8.19. The quantitative estimate of drug-likeness (QED) is 0.615. The molecule has 0 aliphatic carbocycles. The van der Waals surface area contributed by atoms with Gasteiger partial charge in [-0.15, -0.1) is 0 Å². The Morgan fingerprint density at radius 1 is 1.16 bits per heavy atom. The first-order valence-electron chi connectivity index (χ1n) is 11.2. The van der Waals surface area contributed by atoms with Gasteiger partial charge in [0.05, 0.1) is 11.4 Å². The SMILES string of the molecule is Cc1c(-c2[nH]c3ccc(C4CN(CCS(C)(=O)=O)C4)cc3c2C(C)C)cn(C)c(=O)c1C. The van der Waals surface area contributed by atoms with E-state index in [0.29, 0.717) is 18.4 Å². The Labute approximate surface area is 190 Å². The van der Waals surface area contributed by atoms with Gasteiger partial charge in [-0.25, -0.2) is 8.42 Å². The maximum absolute atomic E-state index is 12.4. The summed E-state index contributed by atoms with van der Waals surface area (Å²) < 4.78 is 24.5. The smallest absolute Gasteiger partial charge is 0.253 e. The van der Waals surface area contributed by atoms with Crippen LogP contribution in [0.4, 0.5) is 0 Å². The van der Waals surface area contributed by atoms with Crippen molar-refractivity contribution in [2.75, 3.05) is 31.6 Å². The number of nitrogens with zero attached hydrogens (tertiary/aromatic N) is 2. The average molecular weight is 456 g/mol. The number of aromatic nitrogens is 2. The molecule has 2 aromatic heterocycles. The highest BCUT2D eigenvalue weighted by molar-refractivity contribution is 7.90. The van der Waals surface area contributed by atoms with E-state index in [-0.39, 0.29) is 11.3 Å². The molecule has 6 nitrogen and oxygen atoms in total. The highest BCUT2D eigenvalue weighted by atomic mass is 32.2. The lowest BCUT2D eigenvalue weighted by atomic mass is 9.88. The maximum atomic E-state index is 12.4. The van der Waals surface area contributed by atoms with Gasteiger partial charge in [0.1, 0.15) is 9.84 Å². The van der Waals surface area contributed by atoms with Gasteiger partial charge in [0.15, 0.2) is 0 Å². The van der Waals surface area contributed by atoms with Crippen LogP contribution in [0, 0.1) is 13.8 Å². The number of pyridine rings is 1. The van der Waals surface area contributed by atoms with E-state index in [1.165, 1.54) is 22.8 Å². The number of rotatable bonds is 6. The van der Waals surface area contributed by atoms with Crippen LogP contribution in [0.1, 0.15) is 47.9 Å². The number of hydrogen-bond acceptors (Lipinski definition) is 4. The summed E-state index contributed by atoms with van der Waals surface area (Å²) in [5.41, 5.74) is 7.68. The largest absolute Gasteiger partial charge is 0.354 e. The lowest BCUT2D eigenvalue weighted by Crippen LogP contribution is -2.46. The van der Waals surface area contributed by atoms with Crippen LogP contribution in [-0.4, -0.2) is 54.5 Å². The molecule has 3 heterocycles. The highest BCUT2D eigenvalue weighted by Gasteiger charge is 2.29. The fraction of sp³-hybridized carbons (Fsp3) is 0.480. The summed E-state index contributed by atoms with van der Waals surface area (Å²) in [7, 11) is -1.12. The second-order valence-corrected chi connectivity index (χ2v) is 11.9. The van der Waals surface area contributed by atoms with Gasteiger partial charge in [0, 0.05) is 67.1 Å². The van der Waals surface area contributed by atoms with E-state index in [1.807, 2.05) is 20.0 Å². The first kappa shape index (κ1) is 22.8. The minimum atomic E-state index is -2.92. The Morgan fingerprint density at radius 3 is 2.47 bits per heavy atom. The minimum absolute atomic E-state index is 0.0427. The molecule has 1 N–H and O–H groups in total. The number of likely N-dealkylation sites (tertiary alicyclic amines) is 1. The lowest BCUT2D eigenvalue weighted by Gasteiger charge is -2.39. The normalized spacial score (nSPS) is 15.6. The molecule has 1 saturated heterocycles. The molecule has 0 unspecified atom stereocenters. The van der Waals surface area contributed by atoms with Crippen LogP contribution >= 0.6 is 0 Å². The van der Waals surface area contributed by atoms with Gasteiger partial charge < -0.3 is 14.5 Å². The Morgan fingerprint density at radius 2 is 1.84 bits per heavy atom. The molecular formula is C25H33N3O3S. The zero-order chi connectivity index (χ0) is 23.4. The number of nitrogens with one attached hydrogen (secondary N) is 1. The van der Waals surface area contributed by atoms with Crippen LogP contribution in [0.25, 0.3) is 22.2 Å². The third kappa shape index (κ3) is 4.16. The van der Waals surface area contributed by atoms with Crippen LogP contribution < -0.4 is 5.56 Å². The Kier molecular flexibility index (Phi) is 5.84. The molecule has 0 spiro atoms. The van der Waals surface area contributed by atoms with Gasteiger partial charge in [-0.3, -0.25) is 4.79 Å². The summed E-state index contributed by atoms with van der Waals surface area (Å²) in [5, 5.41) is 1.23. The predicted octanol–water partition coefficient (Wildman–Crippen LogP) is 3.72. The van der Waals surface area contributed by atoms with Gasteiger partial charge in [-0.1, -0.05) is 19.9 Å². The van der Waals surface area contributed by atoms with Crippen molar-refractivity contribution < 1.29 is 8.42 Å². The van der Waals surface area contributed by atoms with Gasteiger partial charge in [0.2, 0.25) is 0 Å². The van der Waals surface area contributed by atoms with Crippen molar-refractivity contribution in [3.63, 3.8) is 0 Å². The van der Waals surface area contributed by atoms with Crippen molar-refractivity contribution in [3.8, 4) is 11.3 Å². The van der Waals surface area contributed by atoms with E-state index in [1.54, 1.807) is 11.6 Å². The van der Waals surface area contributed by atoms with E-state index >= 15 is 0 Å².